The maximum absolute atomic E-state index is 6.01. The Morgan fingerprint density at radius 2 is 1.78 bits per heavy atom. The molecule has 3 fully saturated rings. The molecule has 0 bridgehead atoms. The minimum Gasteiger partial charge on any atom is -0.373 e. The van der Waals surface area contributed by atoms with E-state index in [0.29, 0.717) is 18.1 Å². The quantitative estimate of drug-likeness (QED) is 0.872. The van der Waals surface area contributed by atoms with Crippen molar-refractivity contribution in [1.29, 1.82) is 0 Å². The molecular formula is C20H30N2O. The predicted octanol–water partition coefficient (Wildman–Crippen LogP) is 3.23. The van der Waals surface area contributed by atoms with Crippen molar-refractivity contribution in [3.8, 4) is 0 Å². The van der Waals surface area contributed by atoms with E-state index < -0.39 is 0 Å². The first-order valence-corrected chi connectivity index (χ1v) is 9.51. The minimum absolute atomic E-state index is 0.290. The van der Waals surface area contributed by atoms with Crippen LogP contribution in [0.25, 0.3) is 0 Å². The van der Waals surface area contributed by atoms with Gasteiger partial charge in [0.05, 0.1) is 6.10 Å². The summed E-state index contributed by atoms with van der Waals surface area (Å²) in [5.74, 6) is 1.66. The molecule has 4 rings (SSSR count). The zero-order valence-electron chi connectivity index (χ0n) is 14.1. The molecule has 2 atom stereocenters. The van der Waals surface area contributed by atoms with Gasteiger partial charge in [-0.25, -0.2) is 0 Å². The fourth-order valence-electron chi connectivity index (χ4n) is 4.16. The van der Waals surface area contributed by atoms with Crippen molar-refractivity contribution in [2.75, 3.05) is 32.8 Å². The highest BCUT2D eigenvalue weighted by Crippen LogP contribution is 2.34. The Kier molecular flexibility index (Phi) is 4.98. The van der Waals surface area contributed by atoms with Gasteiger partial charge in [-0.1, -0.05) is 30.3 Å². The summed E-state index contributed by atoms with van der Waals surface area (Å²) < 4.78 is 6.01. The first-order chi connectivity index (χ1) is 11.4. The van der Waals surface area contributed by atoms with Crippen molar-refractivity contribution < 1.29 is 4.74 Å². The number of hydrogen-bond acceptors (Lipinski definition) is 3. The third-order valence-electron chi connectivity index (χ3n) is 5.81. The van der Waals surface area contributed by atoms with Crippen LogP contribution >= 0.6 is 0 Å². The third kappa shape index (κ3) is 4.14. The van der Waals surface area contributed by atoms with Gasteiger partial charge in [0.1, 0.15) is 0 Å². The van der Waals surface area contributed by atoms with Crippen LogP contribution < -0.4 is 5.32 Å². The van der Waals surface area contributed by atoms with E-state index >= 15 is 0 Å². The predicted molar refractivity (Wildman–Crippen MR) is 93.4 cm³/mol. The summed E-state index contributed by atoms with van der Waals surface area (Å²) >= 11 is 0. The van der Waals surface area contributed by atoms with Crippen molar-refractivity contribution in [1.82, 2.24) is 10.2 Å². The molecule has 3 nitrogen and oxygen atoms in total. The molecule has 1 saturated carbocycles. The summed E-state index contributed by atoms with van der Waals surface area (Å²) in [6, 6.07) is 11.5. The van der Waals surface area contributed by atoms with Crippen LogP contribution in [0, 0.1) is 11.8 Å². The molecule has 2 aliphatic heterocycles. The molecule has 126 valence electrons. The largest absolute Gasteiger partial charge is 0.373 e. The number of ether oxygens (including phenoxy) is 1. The van der Waals surface area contributed by atoms with Crippen molar-refractivity contribution in [2.45, 2.75) is 44.2 Å². The Hall–Kier alpha value is -0.900. The summed E-state index contributed by atoms with van der Waals surface area (Å²) in [5, 5.41) is 3.85. The van der Waals surface area contributed by atoms with E-state index in [4.69, 9.17) is 4.74 Å². The number of piperidine rings is 1. The van der Waals surface area contributed by atoms with Gasteiger partial charge >= 0.3 is 0 Å². The van der Waals surface area contributed by atoms with Crippen LogP contribution in [0.4, 0.5) is 0 Å². The fourth-order valence-corrected chi connectivity index (χ4v) is 4.16. The molecular weight excluding hydrogens is 284 g/mol. The van der Waals surface area contributed by atoms with Gasteiger partial charge in [-0.05, 0) is 56.7 Å². The van der Waals surface area contributed by atoms with E-state index in [9.17, 15) is 0 Å². The number of nitrogens with zero attached hydrogens (tertiary/aromatic N) is 1. The third-order valence-corrected chi connectivity index (χ3v) is 5.81. The van der Waals surface area contributed by atoms with E-state index in [0.717, 1.165) is 19.1 Å². The van der Waals surface area contributed by atoms with Gasteiger partial charge in [0, 0.05) is 31.7 Å². The molecule has 2 saturated heterocycles. The molecule has 1 N–H and O–H groups in total. The van der Waals surface area contributed by atoms with Crippen molar-refractivity contribution >= 4 is 0 Å². The maximum Gasteiger partial charge on any atom is 0.0866 e. The Bertz CT molecular complexity index is 480. The SMILES string of the molecule is c1ccc([C@H]2OCC[C@@H]2CNC2CCN(CC3CC3)CC2)cc1. The molecule has 23 heavy (non-hydrogen) atoms. The lowest BCUT2D eigenvalue weighted by molar-refractivity contribution is 0.0885. The fraction of sp³-hybridized carbons (Fsp3) is 0.700. The van der Waals surface area contributed by atoms with Gasteiger partial charge in [-0.3, -0.25) is 0 Å². The molecule has 1 aromatic rings. The van der Waals surface area contributed by atoms with Gasteiger partial charge in [-0.2, -0.15) is 0 Å². The normalized spacial score (nSPS) is 29.9. The molecule has 1 aromatic carbocycles. The second-order valence-electron chi connectivity index (χ2n) is 7.68. The lowest BCUT2D eigenvalue weighted by atomic mass is 9.94. The Morgan fingerprint density at radius 1 is 1.00 bits per heavy atom. The van der Waals surface area contributed by atoms with E-state index in [1.54, 1.807) is 0 Å². The van der Waals surface area contributed by atoms with Crippen LogP contribution in [0.15, 0.2) is 30.3 Å². The van der Waals surface area contributed by atoms with Crippen LogP contribution in [0.5, 0.6) is 0 Å². The first kappa shape index (κ1) is 15.6. The van der Waals surface area contributed by atoms with Gasteiger partial charge < -0.3 is 15.0 Å². The standard InChI is InChI=1S/C20H30N2O/c1-2-4-17(5-3-1)20-18(10-13-23-20)14-21-19-8-11-22(12-9-19)15-16-6-7-16/h1-5,16,18-21H,6-15H2/t18-,20-/m1/s1. The van der Waals surface area contributed by atoms with E-state index in [-0.39, 0.29) is 0 Å². The van der Waals surface area contributed by atoms with Crippen LogP contribution in [-0.4, -0.2) is 43.7 Å². The van der Waals surface area contributed by atoms with Crippen LogP contribution in [0.1, 0.15) is 43.8 Å². The van der Waals surface area contributed by atoms with E-state index in [1.807, 2.05) is 0 Å². The highest BCUT2D eigenvalue weighted by atomic mass is 16.5. The summed E-state index contributed by atoms with van der Waals surface area (Å²) in [5.41, 5.74) is 1.34. The van der Waals surface area contributed by atoms with Crippen LogP contribution in [-0.2, 0) is 4.74 Å². The molecule has 3 aliphatic rings. The van der Waals surface area contributed by atoms with Crippen LogP contribution in [0.2, 0.25) is 0 Å². The highest BCUT2D eigenvalue weighted by Gasteiger charge is 2.31. The average Bonchev–Trinajstić information content (AvgIpc) is 3.29. The average molecular weight is 314 g/mol. The lowest BCUT2D eigenvalue weighted by Crippen LogP contribution is -2.44. The molecule has 2 heterocycles. The lowest BCUT2D eigenvalue weighted by Gasteiger charge is -2.33. The summed E-state index contributed by atoms with van der Waals surface area (Å²) in [6.07, 6.45) is 7.06. The summed E-state index contributed by atoms with van der Waals surface area (Å²) in [7, 11) is 0. The van der Waals surface area contributed by atoms with Gasteiger partial charge in [0.25, 0.3) is 0 Å². The Morgan fingerprint density at radius 3 is 2.52 bits per heavy atom. The Labute approximate surface area is 140 Å². The smallest absolute Gasteiger partial charge is 0.0866 e. The van der Waals surface area contributed by atoms with E-state index in [1.165, 1.54) is 57.3 Å². The number of hydrogen-bond donors (Lipinski definition) is 1. The van der Waals surface area contributed by atoms with Gasteiger partial charge in [0.2, 0.25) is 0 Å². The molecule has 0 aromatic heterocycles. The van der Waals surface area contributed by atoms with Crippen molar-refractivity contribution in [3.63, 3.8) is 0 Å². The van der Waals surface area contributed by atoms with Gasteiger partial charge in [-0.15, -0.1) is 0 Å². The number of nitrogens with one attached hydrogen (secondary N) is 1. The maximum atomic E-state index is 6.01. The zero-order chi connectivity index (χ0) is 15.5. The molecule has 3 heteroatoms. The molecule has 0 unspecified atom stereocenters. The summed E-state index contributed by atoms with van der Waals surface area (Å²) in [4.78, 5) is 2.68. The number of benzene rings is 1. The zero-order valence-corrected chi connectivity index (χ0v) is 14.1. The monoisotopic (exact) mass is 314 g/mol. The topological polar surface area (TPSA) is 24.5 Å². The highest BCUT2D eigenvalue weighted by molar-refractivity contribution is 5.19. The second-order valence-corrected chi connectivity index (χ2v) is 7.68. The minimum atomic E-state index is 0.290. The number of likely N-dealkylation sites (tertiary alicyclic amines) is 1. The van der Waals surface area contributed by atoms with Crippen molar-refractivity contribution in [2.24, 2.45) is 11.8 Å². The molecule has 0 spiro atoms. The van der Waals surface area contributed by atoms with Crippen molar-refractivity contribution in [3.05, 3.63) is 35.9 Å². The second kappa shape index (κ2) is 7.33. The molecule has 1 aliphatic carbocycles. The van der Waals surface area contributed by atoms with E-state index in [2.05, 4.69) is 40.5 Å². The first-order valence-electron chi connectivity index (χ1n) is 9.51. The number of rotatable bonds is 6. The van der Waals surface area contributed by atoms with Crippen LogP contribution in [0.3, 0.4) is 0 Å². The molecule has 0 radical (unpaired) electrons. The molecule has 0 amide bonds. The summed E-state index contributed by atoms with van der Waals surface area (Å²) in [6.45, 7) is 5.95. The Balaban J connectivity index is 1.23. The van der Waals surface area contributed by atoms with Gasteiger partial charge in [0.15, 0.2) is 0 Å².